The van der Waals surface area contributed by atoms with Crippen molar-refractivity contribution < 1.29 is 14.3 Å². The summed E-state index contributed by atoms with van der Waals surface area (Å²) >= 11 is 5.81. The van der Waals surface area contributed by atoms with Crippen LogP contribution >= 0.6 is 11.6 Å². The Labute approximate surface area is 174 Å². The van der Waals surface area contributed by atoms with E-state index in [1.165, 1.54) is 16.8 Å². The van der Waals surface area contributed by atoms with Crippen LogP contribution in [0.15, 0.2) is 27.9 Å². The summed E-state index contributed by atoms with van der Waals surface area (Å²) in [5.41, 5.74) is 8.97. The number of nitrogens with zero attached hydrogens (tertiary/aromatic N) is 7. The number of amides is 1. The van der Waals surface area contributed by atoms with Gasteiger partial charge in [0.15, 0.2) is 5.69 Å². The van der Waals surface area contributed by atoms with Gasteiger partial charge in [0.25, 0.3) is 11.6 Å². The number of nitro benzene ring substituents is 1. The summed E-state index contributed by atoms with van der Waals surface area (Å²) in [5, 5.41) is 30.0. The zero-order chi connectivity index (χ0) is 22.0. The molecule has 0 fully saturated rings. The number of hydrogen-bond acceptors (Lipinski definition) is 10. The molecule has 1 aromatic carbocycles. The normalized spacial score (nSPS) is 11.7. The summed E-state index contributed by atoms with van der Waals surface area (Å²) in [7, 11) is 0. The molecule has 0 radical (unpaired) electrons. The fourth-order valence-corrected chi connectivity index (χ4v) is 2.78. The number of nitrogen functional groups attached to an aromatic ring is 1. The van der Waals surface area contributed by atoms with Crippen molar-refractivity contribution >= 4 is 34.7 Å². The molecule has 14 heteroatoms. The maximum absolute atomic E-state index is 12.6. The first-order valence-corrected chi connectivity index (χ1v) is 8.91. The molecule has 0 aliphatic heterocycles. The SMILES string of the molecule is CC(=NNC(=O)c1nnn(-c2nonc2N)c1C(C)C)c1ccc(Cl)c([N+](=O)[O-])c1. The number of nitrogens with two attached hydrogens (primary N) is 1. The lowest BCUT2D eigenvalue weighted by atomic mass is 10.1. The molecule has 3 rings (SSSR count). The van der Waals surface area contributed by atoms with Gasteiger partial charge in [-0.3, -0.25) is 14.9 Å². The lowest BCUT2D eigenvalue weighted by Gasteiger charge is -2.08. The first kappa shape index (κ1) is 20.9. The Hall–Kier alpha value is -3.87. The van der Waals surface area contributed by atoms with E-state index in [1.807, 2.05) is 13.8 Å². The number of nitro groups is 1. The molecule has 0 spiro atoms. The monoisotopic (exact) mass is 433 g/mol. The Morgan fingerprint density at radius 1 is 1.40 bits per heavy atom. The second-order valence-electron chi connectivity index (χ2n) is 6.42. The maximum atomic E-state index is 12.6. The van der Waals surface area contributed by atoms with Crippen LogP contribution in [0, 0.1) is 10.1 Å². The maximum Gasteiger partial charge on any atom is 0.293 e. The highest BCUT2D eigenvalue weighted by molar-refractivity contribution is 6.32. The van der Waals surface area contributed by atoms with Gasteiger partial charge in [0.1, 0.15) is 5.02 Å². The predicted octanol–water partition coefficient (Wildman–Crippen LogP) is 2.07. The van der Waals surface area contributed by atoms with Gasteiger partial charge >= 0.3 is 0 Å². The molecule has 3 N–H and O–H groups in total. The van der Waals surface area contributed by atoms with E-state index >= 15 is 0 Å². The van der Waals surface area contributed by atoms with Crippen molar-refractivity contribution in [3.8, 4) is 5.82 Å². The molecule has 0 aliphatic rings. The third-order valence-electron chi connectivity index (χ3n) is 4.05. The van der Waals surface area contributed by atoms with Gasteiger partial charge in [0.2, 0.25) is 11.6 Å². The fourth-order valence-electron chi connectivity index (χ4n) is 2.59. The molecule has 0 saturated carbocycles. The average Bonchev–Trinajstić information content (AvgIpc) is 3.31. The van der Waals surface area contributed by atoms with Gasteiger partial charge in [-0.1, -0.05) is 36.7 Å². The Morgan fingerprint density at radius 2 is 2.13 bits per heavy atom. The molecule has 13 nitrogen and oxygen atoms in total. The Kier molecular flexibility index (Phi) is 5.73. The van der Waals surface area contributed by atoms with E-state index in [1.54, 1.807) is 13.0 Å². The van der Waals surface area contributed by atoms with Crippen LogP contribution in [0.1, 0.15) is 48.4 Å². The van der Waals surface area contributed by atoms with Crippen molar-refractivity contribution in [2.24, 2.45) is 5.10 Å². The minimum Gasteiger partial charge on any atom is -0.378 e. The third-order valence-corrected chi connectivity index (χ3v) is 4.37. The number of rotatable bonds is 6. The molecule has 0 aliphatic carbocycles. The molecule has 0 atom stereocenters. The third kappa shape index (κ3) is 3.96. The van der Waals surface area contributed by atoms with Crippen molar-refractivity contribution in [2.45, 2.75) is 26.7 Å². The van der Waals surface area contributed by atoms with Crippen LogP contribution in [0.3, 0.4) is 0 Å². The van der Waals surface area contributed by atoms with Crippen molar-refractivity contribution in [2.75, 3.05) is 5.73 Å². The summed E-state index contributed by atoms with van der Waals surface area (Å²) in [6.07, 6.45) is 0. The molecule has 30 heavy (non-hydrogen) atoms. The molecule has 0 bridgehead atoms. The number of carbonyl (C=O) groups is 1. The Bertz CT molecular complexity index is 1150. The number of benzene rings is 1. The van der Waals surface area contributed by atoms with Gasteiger partial charge < -0.3 is 5.73 Å². The van der Waals surface area contributed by atoms with Gasteiger partial charge in [-0.05, 0) is 29.2 Å². The minimum absolute atomic E-state index is 0.000365. The molecular formula is C16H16ClN9O4. The van der Waals surface area contributed by atoms with Crippen LogP contribution < -0.4 is 11.2 Å². The van der Waals surface area contributed by atoms with Crippen LogP contribution in [0.2, 0.25) is 5.02 Å². The molecule has 156 valence electrons. The average molecular weight is 434 g/mol. The van der Waals surface area contributed by atoms with Crippen LogP contribution in [0.4, 0.5) is 11.5 Å². The topological polar surface area (TPSA) is 180 Å². The summed E-state index contributed by atoms with van der Waals surface area (Å²) in [6, 6.07) is 4.20. The minimum atomic E-state index is -0.636. The van der Waals surface area contributed by atoms with Gasteiger partial charge in [-0.25, -0.2) is 10.1 Å². The highest BCUT2D eigenvalue weighted by atomic mass is 35.5. The molecule has 2 aromatic heterocycles. The second-order valence-corrected chi connectivity index (χ2v) is 6.83. The molecular weight excluding hydrogens is 418 g/mol. The van der Waals surface area contributed by atoms with Crippen LogP contribution in [-0.2, 0) is 0 Å². The molecule has 0 saturated heterocycles. The smallest absolute Gasteiger partial charge is 0.293 e. The Morgan fingerprint density at radius 3 is 2.73 bits per heavy atom. The first-order chi connectivity index (χ1) is 14.2. The highest BCUT2D eigenvalue weighted by Crippen LogP contribution is 2.25. The van der Waals surface area contributed by atoms with E-state index in [4.69, 9.17) is 17.3 Å². The standard InChI is InChI=1S/C16H16ClN9O4/c1-7(2)13-12(20-24-25(13)15-14(18)22-30-23-15)16(27)21-19-8(3)9-4-5-10(17)11(6-9)26(28)29/h4-7H,1-3H3,(H2,18,22)(H,21,27). The second kappa shape index (κ2) is 8.24. The van der Waals surface area contributed by atoms with Crippen molar-refractivity contribution in [3.05, 3.63) is 50.3 Å². The van der Waals surface area contributed by atoms with Gasteiger partial charge in [-0.2, -0.15) is 9.78 Å². The lowest BCUT2D eigenvalue weighted by molar-refractivity contribution is -0.384. The Balaban J connectivity index is 1.88. The number of halogens is 1. The lowest BCUT2D eigenvalue weighted by Crippen LogP contribution is -2.22. The number of nitrogens with one attached hydrogen (secondary N) is 1. The van der Waals surface area contributed by atoms with Crippen molar-refractivity contribution in [1.29, 1.82) is 0 Å². The summed E-state index contributed by atoms with van der Waals surface area (Å²) in [4.78, 5) is 23.1. The number of hydrazone groups is 1. The molecule has 1 amide bonds. The molecule has 2 heterocycles. The van der Waals surface area contributed by atoms with E-state index in [2.05, 4.69) is 35.8 Å². The number of aromatic nitrogens is 5. The van der Waals surface area contributed by atoms with Gasteiger partial charge in [-0.15, -0.1) is 5.10 Å². The summed E-state index contributed by atoms with van der Waals surface area (Å²) in [5.74, 6) is -0.714. The number of anilines is 1. The molecule has 3 aromatic rings. The largest absolute Gasteiger partial charge is 0.378 e. The predicted molar refractivity (Wildman–Crippen MR) is 106 cm³/mol. The van der Waals surface area contributed by atoms with E-state index in [0.717, 1.165) is 0 Å². The van der Waals surface area contributed by atoms with Crippen molar-refractivity contribution in [3.63, 3.8) is 0 Å². The zero-order valence-corrected chi connectivity index (χ0v) is 16.8. The highest BCUT2D eigenvalue weighted by Gasteiger charge is 2.25. The van der Waals surface area contributed by atoms with E-state index in [0.29, 0.717) is 17.0 Å². The summed E-state index contributed by atoms with van der Waals surface area (Å²) < 4.78 is 5.84. The summed E-state index contributed by atoms with van der Waals surface area (Å²) in [6.45, 7) is 5.24. The van der Waals surface area contributed by atoms with Crippen LogP contribution in [0.25, 0.3) is 5.82 Å². The fraction of sp³-hybridized carbons (Fsp3) is 0.250. The van der Waals surface area contributed by atoms with Crippen molar-refractivity contribution in [1.82, 2.24) is 30.7 Å². The molecule has 0 unspecified atom stereocenters. The van der Waals surface area contributed by atoms with Gasteiger partial charge in [0, 0.05) is 11.6 Å². The van der Waals surface area contributed by atoms with Crippen LogP contribution in [0.5, 0.6) is 0 Å². The van der Waals surface area contributed by atoms with Crippen LogP contribution in [-0.4, -0.2) is 41.8 Å². The first-order valence-electron chi connectivity index (χ1n) is 8.53. The van der Waals surface area contributed by atoms with E-state index in [9.17, 15) is 14.9 Å². The zero-order valence-electron chi connectivity index (χ0n) is 16.0. The van der Waals surface area contributed by atoms with Gasteiger partial charge in [0.05, 0.1) is 16.3 Å². The number of hydrogen-bond donors (Lipinski definition) is 2. The van der Waals surface area contributed by atoms with E-state index in [-0.39, 0.29) is 34.0 Å². The van der Waals surface area contributed by atoms with E-state index < -0.39 is 10.8 Å². The quantitative estimate of drug-likeness (QED) is 0.334. The number of carbonyl (C=O) groups excluding carboxylic acids is 1.